The van der Waals surface area contributed by atoms with Crippen molar-refractivity contribution in [3.05, 3.63) is 0 Å². The first-order chi connectivity index (χ1) is 3.56. The van der Waals surface area contributed by atoms with E-state index in [9.17, 15) is 0 Å². The molecule has 2 heteroatoms. The minimum atomic E-state index is 0.334. The van der Waals surface area contributed by atoms with E-state index in [0.29, 0.717) is 2.33 Å². The molecule has 0 aromatic rings. The molecule has 0 amide bonds. The number of alkyl halides is 2. The van der Waals surface area contributed by atoms with E-state index in [0.717, 1.165) is 0 Å². The Morgan fingerprint density at radius 1 is 1.62 bits per heavy atom. The zero-order chi connectivity index (χ0) is 6.62. The Kier molecular flexibility index (Phi) is 4.71. The fourth-order valence-corrected chi connectivity index (χ4v) is 1.15. The highest BCUT2D eigenvalue weighted by Crippen LogP contribution is 2.31. The van der Waals surface area contributed by atoms with E-state index in [-0.39, 0.29) is 0 Å². The Labute approximate surface area is 73.7 Å². The molecular weight excluding hydrogens is 279 g/mol. The number of rotatable bonds is 3. The van der Waals surface area contributed by atoms with Crippen molar-refractivity contribution in [2.75, 3.05) is 0 Å². The molecule has 8 heavy (non-hydrogen) atoms. The van der Waals surface area contributed by atoms with Gasteiger partial charge in [0.05, 0.1) is 2.33 Å². The van der Waals surface area contributed by atoms with Gasteiger partial charge in [-0.2, -0.15) is 0 Å². The summed E-state index contributed by atoms with van der Waals surface area (Å²) in [5.74, 6) is 0. The third-order valence-electron chi connectivity index (χ3n) is 0.969. The molecule has 0 N–H and O–H groups in total. The van der Waals surface area contributed by atoms with Crippen LogP contribution in [-0.4, -0.2) is 2.33 Å². The van der Waals surface area contributed by atoms with Gasteiger partial charge in [-0.3, -0.25) is 0 Å². The summed E-state index contributed by atoms with van der Waals surface area (Å²) in [4.78, 5) is 0. The van der Waals surface area contributed by atoms with Crippen LogP contribution >= 0.6 is 38.5 Å². The lowest BCUT2D eigenvalue weighted by molar-refractivity contribution is 0.707. The second kappa shape index (κ2) is 4.09. The first-order valence-corrected chi connectivity index (χ1v) is 4.81. The largest absolute Gasteiger partial charge is 0.0742 e. The summed E-state index contributed by atoms with van der Waals surface area (Å²) in [6.07, 6.45) is 3.89. The summed E-state index contributed by atoms with van der Waals surface area (Å²) < 4.78 is 0.334. The molecule has 1 atom stereocenters. The predicted molar refractivity (Wildman–Crippen MR) is 50.9 cm³/mol. The molecule has 0 saturated heterocycles. The Morgan fingerprint density at radius 2 is 2.12 bits per heavy atom. The summed E-state index contributed by atoms with van der Waals surface area (Å²) in [5, 5.41) is 0. The Bertz CT molecular complexity index is 56.0. The standard InChI is InChI=1S/C6H12BrI/c1-3-4-5-6(2,7)8/h3-5H2,1-2H3. The van der Waals surface area contributed by atoms with Gasteiger partial charge in [-0.1, -0.05) is 58.3 Å². The van der Waals surface area contributed by atoms with Crippen molar-refractivity contribution in [2.45, 2.75) is 35.4 Å². The maximum Gasteiger partial charge on any atom is 0.0742 e. The van der Waals surface area contributed by atoms with Crippen LogP contribution in [0.25, 0.3) is 0 Å². The highest BCUT2D eigenvalue weighted by atomic mass is 127. The molecular formula is C6H12BrI. The van der Waals surface area contributed by atoms with Crippen molar-refractivity contribution in [1.29, 1.82) is 0 Å². The molecule has 0 spiro atoms. The average Bonchev–Trinajstić information content (AvgIpc) is 1.59. The second-order valence-corrected chi connectivity index (χ2v) is 7.79. The van der Waals surface area contributed by atoms with Crippen molar-refractivity contribution < 1.29 is 0 Å². The van der Waals surface area contributed by atoms with Crippen molar-refractivity contribution >= 4 is 38.5 Å². The first-order valence-electron chi connectivity index (χ1n) is 2.94. The van der Waals surface area contributed by atoms with Gasteiger partial charge in [-0.15, -0.1) is 0 Å². The summed E-state index contributed by atoms with van der Waals surface area (Å²) in [6.45, 7) is 4.42. The number of hydrogen-bond donors (Lipinski definition) is 0. The summed E-state index contributed by atoms with van der Waals surface area (Å²) >= 11 is 5.98. The maximum absolute atomic E-state index is 3.57. The van der Waals surface area contributed by atoms with Gasteiger partial charge in [-0.05, 0) is 13.3 Å². The van der Waals surface area contributed by atoms with Crippen LogP contribution in [0.2, 0.25) is 0 Å². The molecule has 0 fully saturated rings. The molecule has 0 heterocycles. The van der Waals surface area contributed by atoms with Gasteiger partial charge in [0, 0.05) is 0 Å². The molecule has 50 valence electrons. The van der Waals surface area contributed by atoms with E-state index in [1.165, 1.54) is 19.3 Å². The number of halogens is 2. The van der Waals surface area contributed by atoms with E-state index >= 15 is 0 Å². The van der Waals surface area contributed by atoms with Crippen molar-refractivity contribution in [2.24, 2.45) is 0 Å². The monoisotopic (exact) mass is 290 g/mol. The predicted octanol–water partition coefficient (Wildman–Crippen LogP) is 3.72. The number of hydrogen-bond acceptors (Lipinski definition) is 0. The molecule has 0 rings (SSSR count). The van der Waals surface area contributed by atoms with Gasteiger partial charge in [-0.25, -0.2) is 0 Å². The van der Waals surface area contributed by atoms with Gasteiger partial charge in [0.1, 0.15) is 0 Å². The maximum atomic E-state index is 3.57. The van der Waals surface area contributed by atoms with Crippen LogP contribution < -0.4 is 0 Å². The Morgan fingerprint density at radius 3 is 2.25 bits per heavy atom. The highest BCUT2D eigenvalue weighted by molar-refractivity contribution is 14.1. The minimum absolute atomic E-state index is 0.334. The third kappa shape index (κ3) is 7.21. The van der Waals surface area contributed by atoms with Crippen LogP contribution in [0.3, 0.4) is 0 Å². The van der Waals surface area contributed by atoms with Crippen LogP contribution in [-0.2, 0) is 0 Å². The zero-order valence-corrected chi connectivity index (χ0v) is 9.12. The lowest BCUT2D eigenvalue weighted by atomic mass is 10.2. The van der Waals surface area contributed by atoms with Crippen LogP contribution in [0.1, 0.15) is 33.1 Å². The molecule has 0 nitrogen and oxygen atoms in total. The van der Waals surface area contributed by atoms with Crippen molar-refractivity contribution in [3.63, 3.8) is 0 Å². The van der Waals surface area contributed by atoms with Gasteiger partial charge >= 0.3 is 0 Å². The summed E-state index contributed by atoms with van der Waals surface area (Å²) in [6, 6.07) is 0. The third-order valence-corrected chi connectivity index (χ3v) is 1.91. The molecule has 0 saturated carbocycles. The van der Waals surface area contributed by atoms with Gasteiger partial charge < -0.3 is 0 Å². The van der Waals surface area contributed by atoms with E-state index in [1.54, 1.807) is 0 Å². The Balaban J connectivity index is 3.11. The van der Waals surface area contributed by atoms with Gasteiger partial charge in [0.2, 0.25) is 0 Å². The smallest absolute Gasteiger partial charge is 0.0740 e. The van der Waals surface area contributed by atoms with Crippen LogP contribution in [0.4, 0.5) is 0 Å². The van der Waals surface area contributed by atoms with Crippen molar-refractivity contribution in [1.82, 2.24) is 0 Å². The van der Waals surface area contributed by atoms with Gasteiger partial charge in [0.15, 0.2) is 0 Å². The normalized spacial score (nSPS) is 18.0. The van der Waals surface area contributed by atoms with E-state index in [2.05, 4.69) is 52.4 Å². The zero-order valence-electron chi connectivity index (χ0n) is 5.38. The molecule has 0 aliphatic heterocycles. The number of unbranched alkanes of at least 4 members (excludes halogenated alkanes) is 1. The molecule has 0 radical (unpaired) electrons. The topological polar surface area (TPSA) is 0 Å². The minimum Gasteiger partial charge on any atom is -0.0740 e. The first kappa shape index (κ1) is 9.21. The molecule has 0 bridgehead atoms. The Hall–Kier alpha value is 1.21. The van der Waals surface area contributed by atoms with Crippen LogP contribution in [0.5, 0.6) is 0 Å². The molecule has 0 aromatic carbocycles. The fourth-order valence-electron chi connectivity index (χ4n) is 0.487. The van der Waals surface area contributed by atoms with E-state index < -0.39 is 0 Å². The lowest BCUT2D eigenvalue weighted by Gasteiger charge is -2.11. The highest BCUT2D eigenvalue weighted by Gasteiger charge is 2.12. The van der Waals surface area contributed by atoms with E-state index in [4.69, 9.17) is 0 Å². The molecule has 0 aliphatic carbocycles. The van der Waals surface area contributed by atoms with Crippen LogP contribution in [0.15, 0.2) is 0 Å². The van der Waals surface area contributed by atoms with E-state index in [1.807, 2.05) is 0 Å². The SMILES string of the molecule is CCCCC(C)(Br)I. The molecule has 0 aliphatic rings. The summed E-state index contributed by atoms with van der Waals surface area (Å²) in [5.41, 5.74) is 0. The second-order valence-electron chi connectivity index (χ2n) is 2.17. The van der Waals surface area contributed by atoms with Crippen LogP contribution in [0, 0.1) is 0 Å². The average molecular weight is 291 g/mol. The lowest BCUT2D eigenvalue weighted by Crippen LogP contribution is -2.02. The quantitative estimate of drug-likeness (QED) is 0.549. The molecule has 0 aromatic heterocycles. The fraction of sp³-hybridized carbons (Fsp3) is 1.00. The van der Waals surface area contributed by atoms with Gasteiger partial charge in [0.25, 0.3) is 0 Å². The molecule has 1 unspecified atom stereocenters. The van der Waals surface area contributed by atoms with Crippen molar-refractivity contribution in [3.8, 4) is 0 Å². The summed E-state index contributed by atoms with van der Waals surface area (Å²) in [7, 11) is 0.